The largest absolute Gasteiger partial charge is 0.394 e. The van der Waals surface area contributed by atoms with Crippen LogP contribution in [-0.2, 0) is 6.42 Å². The van der Waals surface area contributed by atoms with Crippen LogP contribution in [0.25, 0.3) is 10.9 Å². The molecule has 4 aromatic rings. The lowest BCUT2D eigenvalue weighted by atomic mass is 10.0. The Hall–Kier alpha value is -3.90. The maximum absolute atomic E-state index is 13.4. The zero-order valence-corrected chi connectivity index (χ0v) is 19.7. The molecule has 1 aliphatic rings. The molecule has 178 valence electrons. The molecule has 0 bridgehead atoms. The summed E-state index contributed by atoms with van der Waals surface area (Å²) in [5.41, 5.74) is 3.68. The number of aliphatic hydroxyl groups excluding tert-OH is 1. The fourth-order valence-electron chi connectivity index (χ4n) is 4.67. The highest BCUT2D eigenvalue weighted by molar-refractivity contribution is 6.07. The van der Waals surface area contributed by atoms with Crippen LogP contribution in [0, 0.1) is 0 Å². The topological polar surface area (TPSA) is 68.7 Å². The molecule has 1 atom stereocenters. The van der Waals surface area contributed by atoms with Gasteiger partial charge in [0.15, 0.2) is 0 Å². The van der Waals surface area contributed by atoms with Crippen LogP contribution in [0.5, 0.6) is 0 Å². The van der Waals surface area contributed by atoms with Gasteiger partial charge in [-0.15, -0.1) is 0 Å². The van der Waals surface area contributed by atoms with E-state index in [4.69, 9.17) is 4.98 Å². The Bertz CT molecular complexity index is 1270. The molecular weight excluding hydrogens is 436 g/mol. The Morgan fingerprint density at radius 2 is 1.49 bits per heavy atom. The van der Waals surface area contributed by atoms with E-state index in [2.05, 4.69) is 39.4 Å². The molecule has 6 heteroatoms. The van der Waals surface area contributed by atoms with E-state index in [9.17, 15) is 9.90 Å². The van der Waals surface area contributed by atoms with Crippen LogP contribution < -0.4 is 15.1 Å². The molecule has 1 amide bonds. The average Bonchev–Trinajstić information content (AvgIpc) is 2.93. The Morgan fingerprint density at radius 1 is 0.857 bits per heavy atom. The van der Waals surface area contributed by atoms with Gasteiger partial charge >= 0.3 is 0 Å². The van der Waals surface area contributed by atoms with Gasteiger partial charge in [-0.1, -0.05) is 66.7 Å². The SMILES string of the molecule is O=C(NC(CO)Cc1ccccc1)c1cc(N2CCN(c3ccccc3)CC2)nc2ccccc12. The van der Waals surface area contributed by atoms with Crippen molar-refractivity contribution in [2.45, 2.75) is 12.5 Å². The number of anilines is 2. The van der Waals surface area contributed by atoms with Crippen LogP contribution in [0.1, 0.15) is 15.9 Å². The second-order valence-electron chi connectivity index (χ2n) is 8.90. The van der Waals surface area contributed by atoms with Gasteiger partial charge in [-0.3, -0.25) is 4.79 Å². The number of hydrogen-bond acceptors (Lipinski definition) is 5. The number of piperazine rings is 1. The molecule has 0 spiro atoms. The number of carbonyl (C=O) groups is 1. The minimum atomic E-state index is -0.366. The number of carbonyl (C=O) groups excluding carboxylic acids is 1. The molecule has 2 N–H and O–H groups in total. The minimum Gasteiger partial charge on any atom is -0.394 e. The number of pyridine rings is 1. The number of hydrogen-bond donors (Lipinski definition) is 2. The summed E-state index contributed by atoms with van der Waals surface area (Å²) in [6.07, 6.45) is 0.570. The Labute approximate surface area is 205 Å². The van der Waals surface area contributed by atoms with Crippen LogP contribution in [-0.4, -0.2) is 54.8 Å². The van der Waals surface area contributed by atoms with Gasteiger partial charge in [0.25, 0.3) is 5.91 Å². The number of aliphatic hydroxyl groups is 1. The van der Waals surface area contributed by atoms with Gasteiger partial charge in [-0.05, 0) is 36.2 Å². The smallest absolute Gasteiger partial charge is 0.252 e. The van der Waals surface area contributed by atoms with Gasteiger partial charge in [0.1, 0.15) is 5.82 Å². The molecule has 3 aromatic carbocycles. The van der Waals surface area contributed by atoms with Crippen LogP contribution in [0.4, 0.5) is 11.5 Å². The number of fused-ring (bicyclic) bond motifs is 1. The molecule has 1 aliphatic heterocycles. The van der Waals surface area contributed by atoms with E-state index in [0.717, 1.165) is 48.5 Å². The molecule has 0 aliphatic carbocycles. The quantitative estimate of drug-likeness (QED) is 0.433. The predicted octanol–water partition coefficient (Wildman–Crippen LogP) is 3.89. The van der Waals surface area contributed by atoms with E-state index in [1.807, 2.05) is 66.7 Å². The summed E-state index contributed by atoms with van der Waals surface area (Å²) < 4.78 is 0. The average molecular weight is 467 g/mol. The first-order chi connectivity index (χ1) is 17.2. The molecule has 2 heterocycles. The Morgan fingerprint density at radius 3 is 2.20 bits per heavy atom. The fourth-order valence-corrected chi connectivity index (χ4v) is 4.67. The van der Waals surface area contributed by atoms with E-state index in [1.54, 1.807) is 0 Å². The van der Waals surface area contributed by atoms with Crippen molar-refractivity contribution in [3.8, 4) is 0 Å². The summed E-state index contributed by atoms with van der Waals surface area (Å²) in [5, 5.41) is 13.8. The highest BCUT2D eigenvalue weighted by Gasteiger charge is 2.22. The Balaban J connectivity index is 1.36. The van der Waals surface area contributed by atoms with Crippen molar-refractivity contribution in [1.82, 2.24) is 10.3 Å². The fraction of sp³-hybridized carbons (Fsp3) is 0.241. The first-order valence-electron chi connectivity index (χ1n) is 12.1. The van der Waals surface area contributed by atoms with E-state index in [-0.39, 0.29) is 18.6 Å². The summed E-state index contributed by atoms with van der Waals surface area (Å²) in [5.74, 6) is 0.618. The molecule has 5 rings (SSSR count). The lowest BCUT2D eigenvalue weighted by Crippen LogP contribution is -2.47. The van der Waals surface area contributed by atoms with E-state index >= 15 is 0 Å². The third-order valence-electron chi connectivity index (χ3n) is 6.55. The number of rotatable bonds is 7. The van der Waals surface area contributed by atoms with Crippen LogP contribution in [0.3, 0.4) is 0 Å². The molecule has 1 fully saturated rings. The van der Waals surface area contributed by atoms with E-state index < -0.39 is 0 Å². The van der Waals surface area contributed by atoms with Crippen molar-refractivity contribution in [2.75, 3.05) is 42.6 Å². The zero-order chi connectivity index (χ0) is 24.0. The summed E-state index contributed by atoms with van der Waals surface area (Å²) in [6.45, 7) is 3.31. The normalized spacial score (nSPS) is 14.7. The summed E-state index contributed by atoms with van der Waals surface area (Å²) in [7, 11) is 0. The van der Waals surface area contributed by atoms with Gasteiger partial charge in [-0.2, -0.15) is 0 Å². The first-order valence-corrected chi connectivity index (χ1v) is 12.1. The van der Waals surface area contributed by atoms with E-state index in [1.165, 1.54) is 5.69 Å². The van der Waals surface area contributed by atoms with Crippen molar-refractivity contribution in [2.24, 2.45) is 0 Å². The molecule has 1 saturated heterocycles. The van der Waals surface area contributed by atoms with Crippen molar-refractivity contribution in [3.63, 3.8) is 0 Å². The van der Waals surface area contributed by atoms with Crippen molar-refractivity contribution in [1.29, 1.82) is 0 Å². The third kappa shape index (κ3) is 5.28. The Kier molecular flexibility index (Phi) is 6.91. The number of nitrogens with one attached hydrogen (secondary N) is 1. The second-order valence-corrected chi connectivity index (χ2v) is 8.90. The zero-order valence-electron chi connectivity index (χ0n) is 19.7. The summed E-state index contributed by atoms with van der Waals surface area (Å²) in [6, 6.07) is 29.6. The van der Waals surface area contributed by atoms with Crippen molar-refractivity contribution >= 4 is 28.3 Å². The van der Waals surface area contributed by atoms with Gasteiger partial charge < -0.3 is 20.2 Å². The predicted molar refractivity (Wildman–Crippen MR) is 141 cm³/mol. The molecular formula is C29H30N4O2. The summed E-state index contributed by atoms with van der Waals surface area (Å²) >= 11 is 0. The first kappa shape index (κ1) is 22.9. The second kappa shape index (κ2) is 10.6. The number of amides is 1. The molecule has 1 unspecified atom stereocenters. The molecule has 35 heavy (non-hydrogen) atoms. The van der Waals surface area contributed by atoms with Gasteiger partial charge in [0.2, 0.25) is 0 Å². The maximum Gasteiger partial charge on any atom is 0.252 e. The third-order valence-corrected chi connectivity index (χ3v) is 6.55. The molecule has 0 radical (unpaired) electrons. The standard InChI is InChI=1S/C29H30N4O2/c34-21-23(19-22-9-3-1-4-10-22)30-29(35)26-20-28(31-27-14-8-7-13-25(26)27)33-17-15-32(16-18-33)24-11-5-2-6-12-24/h1-14,20,23,34H,15-19,21H2,(H,30,35). The highest BCUT2D eigenvalue weighted by Crippen LogP contribution is 2.25. The minimum absolute atomic E-state index is 0.127. The van der Waals surface area contributed by atoms with Crippen molar-refractivity contribution in [3.05, 3.63) is 102 Å². The molecule has 1 aromatic heterocycles. The molecule has 0 saturated carbocycles. The van der Waals surface area contributed by atoms with Gasteiger partial charge in [0, 0.05) is 37.3 Å². The lowest BCUT2D eigenvalue weighted by Gasteiger charge is -2.37. The van der Waals surface area contributed by atoms with Gasteiger partial charge in [0.05, 0.1) is 23.7 Å². The maximum atomic E-state index is 13.4. The molecule has 6 nitrogen and oxygen atoms in total. The summed E-state index contributed by atoms with van der Waals surface area (Å²) in [4.78, 5) is 22.9. The number of benzene rings is 3. The lowest BCUT2D eigenvalue weighted by molar-refractivity contribution is 0.0918. The van der Waals surface area contributed by atoms with Crippen molar-refractivity contribution < 1.29 is 9.90 Å². The number of aromatic nitrogens is 1. The monoisotopic (exact) mass is 466 g/mol. The van der Waals surface area contributed by atoms with Crippen LogP contribution in [0.2, 0.25) is 0 Å². The van der Waals surface area contributed by atoms with Crippen LogP contribution >= 0.6 is 0 Å². The number of nitrogens with zero attached hydrogens (tertiary/aromatic N) is 3. The highest BCUT2D eigenvalue weighted by atomic mass is 16.3. The van der Waals surface area contributed by atoms with Crippen LogP contribution in [0.15, 0.2) is 91.0 Å². The van der Waals surface area contributed by atoms with E-state index in [0.29, 0.717) is 12.0 Å². The van der Waals surface area contributed by atoms with Gasteiger partial charge in [-0.25, -0.2) is 4.98 Å². The number of para-hydroxylation sites is 2.